The summed E-state index contributed by atoms with van der Waals surface area (Å²) in [5.41, 5.74) is 0. The van der Waals surface area contributed by atoms with Gasteiger partial charge in [-0.1, -0.05) is 136 Å². The van der Waals surface area contributed by atoms with Crippen molar-refractivity contribution >= 4 is 17.9 Å². The van der Waals surface area contributed by atoms with E-state index in [0.29, 0.717) is 25.9 Å². The van der Waals surface area contributed by atoms with Gasteiger partial charge >= 0.3 is 17.9 Å². The third-order valence-corrected chi connectivity index (χ3v) is 7.21. The fraction of sp³-hybridized carbons (Fsp3) is 0.912. The van der Waals surface area contributed by atoms with E-state index in [1.165, 1.54) is 104 Å². The molecule has 0 aromatic carbocycles. The Bertz CT molecular complexity index is 527. The Hall–Kier alpha value is -1.59. The van der Waals surface area contributed by atoms with Gasteiger partial charge in [-0.2, -0.15) is 0 Å². The summed E-state index contributed by atoms with van der Waals surface area (Å²) in [5, 5.41) is 0. The molecule has 40 heavy (non-hydrogen) atoms. The molecule has 0 amide bonds. The van der Waals surface area contributed by atoms with Crippen molar-refractivity contribution < 1.29 is 28.6 Å². The van der Waals surface area contributed by atoms with E-state index >= 15 is 0 Å². The van der Waals surface area contributed by atoms with Gasteiger partial charge in [0, 0.05) is 19.3 Å². The molecule has 0 spiro atoms. The standard InChI is InChI=1S/C22H44O2.C12H22O4/c1-3-5-7-8-9-10-11-12-13-14-15-16-17-18-19-20-22(23)24-21-6-4-2;1-15-11(13)9-7-5-3-4-6-8-10-12(14)16-2/h3-21H2,1-2H3;3-10H2,1-2H3. The highest BCUT2D eigenvalue weighted by Crippen LogP contribution is 2.14. The van der Waals surface area contributed by atoms with Crippen molar-refractivity contribution in [3.05, 3.63) is 0 Å². The number of ether oxygens (including phenoxy) is 3. The zero-order valence-corrected chi connectivity index (χ0v) is 27.0. The molecule has 0 aromatic heterocycles. The summed E-state index contributed by atoms with van der Waals surface area (Å²) in [6, 6.07) is 0. The molecule has 6 heteroatoms. The van der Waals surface area contributed by atoms with Crippen LogP contribution in [-0.4, -0.2) is 38.7 Å². The number of hydrogen-bond donors (Lipinski definition) is 0. The van der Waals surface area contributed by atoms with Crippen molar-refractivity contribution in [3.8, 4) is 0 Å². The lowest BCUT2D eigenvalue weighted by atomic mass is 10.0. The summed E-state index contributed by atoms with van der Waals surface area (Å²) < 4.78 is 14.3. The molecule has 0 aliphatic carbocycles. The smallest absolute Gasteiger partial charge is 0.305 e. The highest BCUT2D eigenvalue weighted by Gasteiger charge is 2.02. The van der Waals surface area contributed by atoms with Crippen LogP contribution in [0.4, 0.5) is 0 Å². The van der Waals surface area contributed by atoms with Gasteiger partial charge < -0.3 is 14.2 Å². The van der Waals surface area contributed by atoms with Gasteiger partial charge in [-0.25, -0.2) is 0 Å². The Morgan fingerprint density at radius 2 is 0.650 bits per heavy atom. The Labute approximate surface area is 248 Å². The molecule has 0 heterocycles. The molecule has 0 radical (unpaired) electrons. The number of methoxy groups -OCH3 is 2. The molecular formula is C34H66O6. The zero-order valence-electron chi connectivity index (χ0n) is 27.0. The summed E-state index contributed by atoms with van der Waals surface area (Å²) in [6.45, 7) is 5.00. The molecule has 0 saturated carbocycles. The molecule has 0 saturated heterocycles. The molecule has 0 unspecified atom stereocenters. The summed E-state index contributed by atoms with van der Waals surface area (Å²) in [5.74, 6) is -0.269. The summed E-state index contributed by atoms with van der Waals surface area (Å²) in [6.07, 6.45) is 30.2. The zero-order chi connectivity index (χ0) is 29.9. The average molecular weight is 571 g/mol. The van der Waals surface area contributed by atoms with Gasteiger partial charge in [-0.15, -0.1) is 0 Å². The maximum Gasteiger partial charge on any atom is 0.305 e. The normalized spacial score (nSPS) is 10.5. The van der Waals surface area contributed by atoms with E-state index in [4.69, 9.17) is 4.74 Å². The van der Waals surface area contributed by atoms with Crippen LogP contribution in [0, 0.1) is 0 Å². The fourth-order valence-corrected chi connectivity index (χ4v) is 4.49. The van der Waals surface area contributed by atoms with Crippen molar-refractivity contribution in [2.75, 3.05) is 20.8 Å². The topological polar surface area (TPSA) is 78.9 Å². The summed E-state index contributed by atoms with van der Waals surface area (Å²) in [4.78, 5) is 33.0. The first kappa shape index (κ1) is 40.5. The quantitative estimate of drug-likeness (QED) is 0.0529. The molecule has 238 valence electrons. The van der Waals surface area contributed by atoms with Gasteiger partial charge in [0.1, 0.15) is 0 Å². The van der Waals surface area contributed by atoms with Crippen LogP contribution in [-0.2, 0) is 28.6 Å². The monoisotopic (exact) mass is 570 g/mol. The van der Waals surface area contributed by atoms with Crippen LogP contribution in [0.25, 0.3) is 0 Å². The lowest BCUT2D eigenvalue weighted by molar-refractivity contribution is -0.144. The lowest BCUT2D eigenvalue weighted by Crippen LogP contribution is -2.05. The number of carbonyl (C=O) groups excluding carboxylic acids is 3. The van der Waals surface area contributed by atoms with E-state index in [2.05, 4.69) is 23.3 Å². The van der Waals surface area contributed by atoms with Gasteiger partial charge in [0.15, 0.2) is 0 Å². The van der Waals surface area contributed by atoms with Gasteiger partial charge in [0.05, 0.1) is 20.8 Å². The predicted molar refractivity (Wildman–Crippen MR) is 166 cm³/mol. The lowest BCUT2D eigenvalue weighted by Gasteiger charge is -2.04. The molecule has 0 atom stereocenters. The SMILES string of the molecule is CCCCCCCCCCCCCCCCCC(=O)OCCCC.COC(=O)CCCCCCCCC(=O)OC. The van der Waals surface area contributed by atoms with Crippen molar-refractivity contribution in [2.45, 2.75) is 181 Å². The minimum absolute atomic E-state index is 0.00172. The molecule has 6 nitrogen and oxygen atoms in total. The first-order chi connectivity index (χ1) is 19.5. The second kappa shape index (κ2) is 35.4. The van der Waals surface area contributed by atoms with E-state index < -0.39 is 0 Å². The maximum atomic E-state index is 11.4. The summed E-state index contributed by atoms with van der Waals surface area (Å²) in [7, 11) is 2.82. The second-order valence-electron chi connectivity index (χ2n) is 11.0. The molecule has 0 aliphatic heterocycles. The van der Waals surface area contributed by atoms with Crippen LogP contribution < -0.4 is 0 Å². The van der Waals surface area contributed by atoms with Gasteiger partial charge in [0.2, 0.25) is 0 Å². The predicted octanol–water partition coefficient (Wildman–Crippen LogP) is 10.0. The number of rotatable bonds is 28. The Balaban J connectivity index is 0. The number of unbranched alkanes of at least 4 members (excludes halogenated alkanes) is 20. The van der Waals surface area contributed by atoms with Crippen LogP contribution in [0.5, 0.6) is 0 Å². The molecule has 0 aromatic rings. The fourth-order valence-electron chi connectivity index (χ4n) is 4.49. The van der Waals surface area contributed by atoms with E-state index in [1.807, 2.05) is 0 Å². The first-order valence-corrected chi connectivity index (χ1v) is 16.8. The second-order valence-corrected chi connectivity index (χ2v) is 11.0. The van der Waals surface area contributed by atoms with Gasteiger partial charge in [-0.3, -0.25) is 14.4 Å². The van der Waals surface area contributed by atoms with Crippen LogP contribution in [0.15, 0.2) is 0 Å². The molecular weight excluding hydrogens is 504 g/mol. The highest BCUT2D eigenvalue weighted by atomic mass is 16.5. The van der Waals surface area contributed by atoms with Gasteiger partial charge in [-0.05, 0) is 25.7 Å². The number of hydrogen-bond acceptors (Lipinski definition) is 6. The minimum Gasteiger partial charge on any atom is -0.469 e. The maximum absolute atomic E-state index is 11.4. The van der Waals surface area contributed by atoms with Gasteiger partial charge in [0.25, 0.3) is 0 Å². The minimum atomic E-state index is -0.134. The Kier molecular flexibility index (Phi) is 35.9. The van der Waals surface area contributed by atoms with E-state index in [9.17, 15) is 14.4 Å². The molecule has 0 N–H and O–H groups in total. The van der Waals surface area contributed by atoms with E-state index in [1.54, 1.807) is 0 Å². The van der Waals surface area contributed by atoms with Crippen molar-refractivity contribution in [1.82, 2.24) is 0 Å². The van der Waals surface area contributed by atoms with Crippen molar-refractivity contribution in [1.29, 1.82) is 0 Å². The molecule has 0 fully saturated rings. The van der Waals surface area contributed by atoms with E-state index in [0.717, 1.165) is 57.8 Å². The molecule has 0 aliphatic rings. The van der Waals surface area contributed by atoms with Crippen LogP contribution in [0.2, 0.25) is 0 Å². The number of carbonyl (C=O) groups is 3. The first-order valence-electron chi connectivity index (χ1n) is 16.8. The molecule has 0 bridgehead atoms. The number of esters is 3. The molecule has 0 rings (SSSR count). The third kappa shape index (κ3) is 36.4. The van der Waals surface area contributed by atoms with Crippen molar-refractivity contribution in [3.63, 3.8) is 0 Å². The average Bonchev–Trinajstić information content (AvgIpc) is 2.96. The largest absolute Gasteiger partial charge is 0.469 e. The van der Waals surface area contributed by atoms with E-state index in [-0.39, 0.29) is 17.9 Å². The highest BCUT2D eigenvalue weighted by molar-refractivity contribution is 5.69. The van der Waals surface area contributed by atoms with Crippen LogP contribution in [0.1, 0.15) is 181 Å². The third-order valence-electron chi connectivity index (χ3n) is 7.21. The van der Waals surface area contributed by atoms with Crippen LogP contribution in [0.3, 0.4) is 0 Å². The van der Waals surface area contributed by atoms with Crippen molar-refractivity contribution in [2.24, 2.45) is 0 Å². The Morgan fingerprint density at radius 3 is 0.950 bits per heavy atom. The van der Waals surface area contributed by atoms with Crippen LogP contribution >= 0.6 is 0 Å². The Morgan fingerprint density at radius 1 is 0.375 bits per heavy atom. The summed E-state index contributed by atoms with van der Waals surface area (Å²) >= 11 is 0.